The Bertz CT molecular complexity index is 932. The number of amides is 2. The van der Waals surface area contributed by atoms with E-state index >= 15 is 0 Å². The fourth-order valence-electron chi connectivity index (χ4n) is 4.76. The molecule has 2 aromatic rings. The number of para-hydroxylation sites is 1. The maximum atomic E-state index is 14.0. The van der Waals surface area contributed by atoms with E-state index in [2.05, 4.69) is 0 Å². The summed E-state index contributed by atoms with van der Waals surface area (Å²) in [5.74, 6) is 0.708. The van der Waals surface area contributed by atoms with Gasteiger partial charge in [-0.25, -0.2) is 4.39 Å². The number of nitrogens with zero attached hydrogens (tertiary/aromatic N) is 2. The van der Waals surface area contributed by atoms with Crippen molar-refractivity contribution in [1.29, 1.82) is 0 Å². The summed E-state index contributed by atoms with van der Waals surface area (Å²) >= 11 is 0. The van der Waals surface area contributed by atoms with Gasteiger partial charge in [0.05, 0.1) is 12.7 Å². The highest BCUT2D eigenvalue weighted by molar-refractivity contribution is 5.97. The second-order valence-corrected chi connectivity index (χ2v) is 8.03. The number of rotatable bonds is 5. The average Bonchev–Trinajstić information content (AvgIpc) is 2.78. The predicted molar refractivity (Wildman–Crippen MR) is 112 cm³/mol. The van der Waals surface area contributed by atoms with Gasteiger partial charge in [-0.15, -0.1) is 0 Å². The summed E-state index contributed by atoms with van der Waals surface area (Å²) in [7, 11) is 1.57. The topological polar surface area (TPSA) is 49.9 Å². The highest BCUT2D eigenvalue weighted by Gasteiger charge is 2.40. The molecule has 158 valence electrons. The molecule has 2 saturated heterocycles. The van der Waals surface area contributed by atoms with Crippen LogP contribution in [0.3, 0.4) is 0 Å². The van der Waals surface area contributed by atoms with E-state index in [1.54, 1.807) is 31.4 Å². The highest BCUT2D eigenvalue weighted by Crippen LogP contribution is 2.33. The van der Waals surface area contributed by atoms with Gasteiger partial charge < -0.3 is 14.5 Å². The number of halogens is 1. The Labute approximate surface area is 176 Å². The molecule has 0 bridgehead atoms. The minimum atomic E-state index is -0.226. The monoisotopic (exact) mass is 410 g/mol. The van der Waals surface area contributed by atoms with Crippen LogP contribution in [0.1, 0.15) is 35.2 Å². The lowest BCUT2D eigenvalue weighted by Gasteiger charge is -2.47. The number of carbonyl (C=O) groups excluding carboxylic acids is 2. The third-order valence-electron chi connectivity index (χ3n) is 6.35. The number of likely N-dealkylation sites (tertiary alicyclic amines) is 2. The predicted octanol–water partition coefficient (Wildman–Crippen LogP) is 3.53. The summed E-state index contributed by atoms with van der Waals surface area (Å²) in [5.41, 5.74) is 1.21. The zero-order chi connectivity index (χ0) is 21.1. The van der Waals surface area contributed by atoms with Gasteiger partial charge in [0.25, 0.3) is 5.91 Å². The van der Waals surface area contributed by atoms with Crippen LogP contribution in [0, 0.1) is 11.7 Å². The van der Waals surface area contributed by atoms with Crippen LogP contribution in [-0.2, 0) is 11.2 Å². The van der Waals surface area contributed by atoms with Crippen LogP contribution in [0.25, 0.3) is 0 Å². The van der Waals surface area contributed by atoms with E-state index in [-0.39, 0.29) is 29.6 Å². The fourth-order valence-corrected chi connectivity index (χ4v) is 4.76. The van der Waals surface area contributed by atoms with Gasteiger partial charge in [0, 0.05) is 32.1 Å². The molecule has 0 saturated carbocycles. The molecule has 0 N–H and O–H groups in total. The first-order chi connectivity index (χ1) is 14.6. The van der Waals surface area contributed by atoms with Crippen LogP contribution < -0.4 is 4.74 Å². The first-order valence-corrected chi connectivity index (χ1v) is 10.5. The summed E-state index contributed by atoms with van der Waals surface area (Å²) in [6.45, 7) is 1.74. The van der Waals surface area contributed by atoms with E-state index < -0.39 is 0 Å². The van der Waals surface area contributed by atoms with Crippen molar-refractivity contribution in [2.24, 2.45) is 5.92 Å². The lowest BCUT2D eigenvalue weighted by molar-refractivity contribution is -0.140. The lowest BCUT2D eigenvalue weighted by Crippen LogP contribution is -2.57. The quantitative estimate of drug-likeness (QED) is 0.758. The van der Waals surface area contributed by atoms with Crippen molar-refractivity contribution in [3.05, 3.63) is 65.5 Å². The van der Waals surface area contributed by atoms with Crippen LogP contribution in [0.4, 0.5) is 4.39 Å². The number of hydrogen-bond donors (Lipinski definition) is 0. The number of ether oxygens (including phenoxy) is 1. The summed E-state index contributed by atoms with van der Waals surface area (Å²) in [6, 6.07) is 14.1. The molecule has 0 spiro atoms. The first kappa shape index (κ1) is 20.4. The molecule has 30 heavy (non-hydrogen) atoms. The van der Waals surface area contributed by atoms with E-state index in [0.717, 1.165) is 12.8 Å². The van der Waals surface area contributed by atoms with Gasteiger partial charge in [-0.1, -0.05) is 30.3 Å². The molecule has 0 aromatic heterocycles. The molecule has 2 aliphatic rings. The van der Waals surface area contributed by atoms with Gasteiger partial charge in [0.2, 0.25) is 5.91 Å². The van der Waals surface area contributed by atoms with Crippen LogP contribution in [0.2, 0.25) is 0 Å². The van der Waals surface area contributed by atoms with Crippen LogP contribution in [-0.4, -0.2) is 54.4 Å². The SMILES string of the molecule is COc1ccccc1C(=O)N1CC[C@H]2[C@H](CCC(=O)N2CCc2ccccc2F)C1. The Morgan fingerprint density at radius 2 is 1.90 bits per heavy atom. The summed E-state index contributed by atoms with van der Waals surface area (Å²) in [6.07, 6.45) is 2.52. The standard InChI is InChI=1S/C24H27FN2O3/c1-30-22-9-5-3-7-19(22)24(29)26-14-13-21-18(16-26)10-11-23(28)27(21)15-12-17-6-2-4-8-20(17)25/h2-9,18,21H,10-16H2,1H3/t18-,21+/m1/s1. The summed E-state index contributed by atoms with van der Waals surface area (Å²) < 4.78 is 19.3. The third-order valence-corrected chi connectivity index (χ3v) is 6.35. The van der Waals surface area contributed by atoms with Crippen molar-refractivity contribution in [1.82, 2.24) is 9.80 Å². The minimum Gasteiger partial charge on any atom is -0.496 e. The van der Waals surface area contributed by atoms with Crippen LogP contribution in [0.15, 0.2) is 48.5 Å². The number of hydrogen-bond acceptors (Lipinski definition) is 3. The Hall–Kier alpha value is -2.89. The maximum absolute atomic E-state index is 14.0. The molecule has 2 atom stereocenters. The Kier molecular flexibility index (Phi) is 6.02. The first-order valence-electron chi connectivity index (χ1n) is 10.5. The van der Waals surface area contributed by atoms with E-state index in [0.29, 0.717) is 49.4 Å². The normalized spacial score (nSPS) is 21.3. The van der Waals surface area contributed by atoms with Gasteiger partial charge in [-0.3, -0.25) is 9.59 Å². The number of piperidine rings is 2. The molecule has 2 aromatic carbocycles. The third kappa shape index (κ3) is 4.04. The van der Waals surface area contributed by atoms with Crippen molar-refractivity contribution in [3.8, 4) is 5.75 Å². The molecule has 2 heterocycles. The fraction of sp³-hybridized carbons (Fsp3) is 0.417. The van der Waals surface area contributed by atoms with Crippen LogP contribution >= 0.6 is 0 Å². The molecule has 6 heteroatoms. The molecule has 0 radical (unpaired) electrons. The Morgan fingerprint density at radius 3 is 2.70 bits per heavy atom. The van der Waals surface area contributed by atoms with E-state index in [1.165, 1.54) is 6.07 Å². The van der Waals surface area contributed by atoms with E-state index in [9.17, 15) is 14.0 Å². The van der Waals surface area contributed by atoms with Gasteiger partial charge in [-0.05, 0) is 48.9 Å². The second kappa shape index (κ2) is 8.86. The molecule has 0 aliphatic carbocycles. The lowest BCUT2D eigenvalue weighted by atomic mass is 9.83. The summed E-state index contributed by atoms with van der Waals surface area (Å²) in [4.78, 5) is 29.5. The zero-order valence-corrected chi connectivity index (χ0v) is 17.2. The number of benzene rings is 2. The largest absolute Gasteiger partial charge is 0.496 e. The summed E-state index contributed by atoms with van der Waals surface area (Å²) in [5, 5.41) is 0. The molecule has 0 unspecified atom stereocenters. The second-order valence-electron chi connectivity index (χ2n) is 8.03. The molecule has 2 amide bonds. The van der Waals surface area contributed by atoms with Gasteiger partial charge in [-0.2, -0.15) is 0 Å². The van der Waals surface area contributed by atoms with Crippen molar-refractivity contribution in [2.45, 2.75) is 31.7 Å². The number of carbonyl (C=O) groups is 2. The highest BCUT2D eigenvalue weighted by atomic mass is 19.1. The Balaban J connectivity index is 1.44. The average molecular weight is 410 g/mol. The minimum absolute atomic E-state index is 0.0271. The van der Waals surface area contributed by atoms with E-state index in [1.807, 2.05) is 28.0 Å². The van der Waals surface area contributed by atoms with Crippen LogP contribution in [0.5, 0.6) is 5.75 Å². The number of fused-ring (bicyclic) bond motifs is 1. The van der Waals surface area contributed by atoms with Crippen molar-refractivity contribution < 1.29 is 18.7 Å². The molecule has 2 fully saturated rings. The van der Waals surface area contributed by atoms with Gasteiger partial charge in [0.1, 0.15) is 11.6 Å². The molecule has 5 nitrogen and oxygen atoms in total. The van der Waals surface area contributed by atoms with Crippen molar-refractivity contribution in [3.63, 3.8) is 0 Å². The molecule has 2 aliphatic heterocycles. The number of methoxy groups -OCH3 is 1. The van der Waals surface area contributed by atoms with E-state index in [4.69, 9.17) is 4.74 Å². The van der Waals surface area contributed by atoms with Crippen molar-refractivity contribution >= 4 is 11.8 Å². The smallest absolute Gasteiger partial charge is 0.257 e. The molecular formula is C24H27FN2O3. The maximum Gasteiger partial charge on any atom is 0.257 e. The molecule has 4 rings (SSSR count). The van der Waals surface area contributed by atoms with Gasteiger partial charge in [0.15, 0.2) is 0 Å². The Morgan fingerprint density at radius 1 is 1.13 bits per heavy atom. The van der Waals surface area contributed by atoms with Gasteiger partial charge >= 0.3 is 0 Å². The van der Waals surface area contributed by atoms with Crippen molar-refractivity contribution in [2.75, 3.05) is 26.7 Å². The molecular weight excluding hydrogens is 383 g/mol. The zero-order valence-electron chi connectivity index (χ0n) is 17.2.